The predicted molar refractivity (Wildman–Crippen MR) is 90.6 cm³/mol. The van der Waals surface area contributed by atoms with Gasteiger partial charge in [0.15, 0.2) is 0 Å². The fraction of sp³-hybridized carbons (Fsp3) is 0.235. The van der Waals surface area contributed by atoms with Crippen LogP contribution in [0.1, 0.15) is 16.7 Å². The van der Waals surface area contributed by atoms with Crippen LogP contribution in [-0.2, 0) is 6.54 Å². The molecule has 0 amide bonds. The van der Waals surface area contributed by atoms with Crippen LogP contribution in [0.3, 0.4) is 0 Å². The van der Waals surface area contributed by atoms with E-state index >= 15 is 0 Å². The molecule has 6 heteroatoms. The Morgan fingerprint density at radius 1 is 1.26 bits per heavy atom. The summed E-state index contributed by atoms with van der Waals surface area (Å²) in [5.74, 6) is 0. The van der Waals surface area contributed by atoms with Gasteiger partial charge in [0.1, 0.15) is 5.69 Å². The van der Waals surface area contributed by atoms with Crippen LogP contribution in [0.4, 0.5) is 17.1 Å². The molecule has 23 heavy (non-hydrogen) atoms. The molecule has 0 bridgehead atoms. The van der Waals surface area contributed by atoms with E-state index in [2.05, 4.69) is 11.4 Å². The van der Waals surface area contributed by atoms with Crippen molar-refractivity contribution in [2.45, 2.75) is 13.5 Å². The zero-order valence-electron chi connectivity index (χ0n) is 13.3. The summed E-state index contributed by atoms with van der Waals surface area (Å²) in [5.41, 5.74) is 3.87. The van der Waals surface area contributed by atoms with E-state index in [1.807, 2.05) is 44.1 Å². The van der Waals surface area contributed by atoms with Gasteiger partial charge in [0, 0.05) is 32.4 Å². The smallest absolute Gasteiger partial charge is 0.293 e. The van der Waals surface area contributed by atoms with Crippen LogP contribution in [0, 0.1) is 28.4 Å². The van der Waals surface area contributed by atoms with E-state index in [9.17, 15) is 10.1 Å². The minimum absolute atomic E-state index is 0.0911. The summed E-state index contributed by atoms with van der Waals surface area (Å²) in [6, 6.07) is 12.4. The summed E-state index contributed by atoms with van der Waals surface area (Å²) in [6.07, 6.45) is 0. The molecule has 2 rings (SSSR count). The lowest BCUT2D eigenvalue weighted by molar-refractivity contribution is -0.384. The van der Waals surface area contributed by atoms with Gasteiger partial charge in [0.2, 0.25) is 0 Å². The van der Waals surface area contributed by atoms with Crippen LogP contribution in [0.5, 0.6) is 0 Å². The third kappa shape index (κ3) is 3.77. The first-order chi connectivity index (χ1) is 10.9. The highest BCUT2D eigenvalue weighted by molar-refractivity contribution is 5.64. The van der Waals surface area contributed by atoms with Gasteiger partial charge in [-0.2, -0.15) is 5.26 Å². The SMILES string of the molecule is Cc1cc(N(C)C)ccc1CNc1ccc(C#N)cc1[N+](=O)[O-]. The summed E-state index contributed by atoms with van der Waals surface area (Å²) in [7, 11) is 3.96. The molecule has 118 valence electrons. The average Bonchev–Trinajstić information content (AvgIpc) is 2.53. The first kappa shape index (κ1) is 16.3. The highest BCUT2D eigenvalue weighted by Crippen LogP contribution is 2.26. The van der Waals surface area contributed by atoms with Gasteiger partial charge >= 0.3 is 0 Å². The molecule has 0 atom stereocenters. The Kier molecular flexibility index (Phi) is 4.82. The molecule has 0 aromatic heterocycles. The van der Waals surface area contributed by atoms with Gasteiger partial charge in [-0.1, -0.05) is 6.07 Å². The lowest BCUT2D eigenvalue weighted by atomic mass is 10.1. The Bertz CT molecular complexity index is 779. The molecule has 0 aliphatic heterocycles. The van der Waals surface area contributed by atoms with Gasteiger partial charge in [-0.3, -0.25) is 10.1 Å². The number of rotatable bonds is 5. The number of nitro groups is 1. The second-order valence-electron chi connectivity index (χ2n) is 5.46. The van der Waals surface area contributed by atoms with Crippen molar-refractivity contribution in [1.29, 1.82) is 5.26 Å². The fourth-order valence-electron chi connectivity index (χ4n) is 2.25. The average molecular weight is 310 g/mol. The zero-order chi connectivity index (χ0) is 17.0. The quantitative estimate of drug-likeness (QED) is 0.675. The lowest BCUT2D eigenvalue weighted by Gasteiger charge is -2.15. The van der Waals surface area contributed by atoms with Gasteiger partial charge in [0.05, 0.1) is 16.6 Å². The Morgan fingerprint density at radius 3 is 2.57 bits per heavy atom. The molecule has 0 spiro atoms. The van der Waals surface area contributed by atoms with Crippen molar-refractivity contribution < 1.29 is 4.92 Å². The molecular weight excluding hydrogens is 292 g/mol. The van der Waals surface area contributed by atoms with E-state index in [4.69, 9.17) is 5.26 Å². The number of nitrogens with zero attached hydrogens (tertiary/aromatic N) is 3. The monoisotopic (exact) mass is 310 g/mol. The first-order valence-electron chi connectivity index (χ1n) is 7.11. The Morgan fingerprint density at radius 2 is 2.00 bits per heavy atom. The molecule has 0 fully saturated rings. The maximum atomic E-state index is 11.1. The van der Waals surface area contributed by atoms with Crippen LogP contribution in [0.25, 0.3) is 0 Å². The predicted octanol–water partition coefficient (Wildman–Crippen LogP) is 3.45. The zero-order valence-corrected chi connectivity index (χ0v) is 13.3. The molecule has 0 saturated heterocycles. The van der Waals surface area contributed by atoms with Crippen molar-refractivity contribution in [2.75, 3.05) is 24.3 Å². The molecule has 2 aromatic rings. The molecular formula is C17H18N4O2. The van der Waals surface area contributed by atoms with Crippen LogP contribution < -0.4 is 10.2 Å². The molecule has 0 radical (unpaired) electrons. The standard InChI is InChI=1S/C17H18N4O2/c1-12-8-15(20(2)3)6-5-14(12)11-19-16-7-4-13(10-18)9-17(16)21(22)23/h4-9,19H,11H2,1-3H3. The second-order valence-corrected chi connectivity index (χ2v) is 5.46. The van der Waals surface area contributed by atoms with E-state index in [0.29, 0.717) is 12.2 Å². The van der Waals surface area contributed by atoms with Gasteiger partial charge in [-0.05, 0) is 42.3 Å². The topological polar surface area (TPSA) is 82.2 Å². The Balaban J connectivity index is 2.21. The summed E-state index contributed by atoms with van der Waals surface area (Å²) in [5, 5.41) is 23.1. The van der Waals surface area contributed by atoms with Gasteiger partial charge < -0.3 is 10.2 Å². The molecule has 0 aliphatic rings. The van der Waals surface area contributed by atoms with Crippen molar-refractivity contribution in [3.8, 4) is 6.07 Å². The Labute approximate surface area is 135 Å². The van der Waals surface area contributed by atoms with Crippen molar-refractivity contribution in [3.05, 3.63) is 63.2 Å². The maximum absolute atomic E-state index is 11.1. The molecule has 0 heterocycles. The Hall–Kier alpha value is -3.07. The van der Waals surface area contributed by atoms with Crippen molar-refractivity contribution >= 4 is 17.1 Å². The van der Waals surface area contributed by atoms with Crippen molar-refractivity contribution in [3.63, 3.8) is 0 Å². The third-order valence-corrected chi connectivity index (χ3v) is 3.64. The summed E-state index contributed by atoms with van der Waals surface area (Å²) in [4.78, 5) is 12.7. The van der Waals surface area contributed by atoms with Gasteiger partial charge in [0.25, 0.3) is 5.69 Å². The number of hydrogen-bond donors (Lipinski definition) is 1. The van der Waals surface area contributed by atoms with E-state index in [1.54, 1.807) is 12.1 Å². The van der Waals surface area contributed by atoms with E-state index in [0.717, 1.165) is 16.8 Å². The molecule has 0 unspecified atom stereocenters. The summed E-state index contributed by atoms with van der Waals surface area (Å²) < 4.78 is 0. The number of nitriles is 1. The summed E-state index contributed by atoms with van der Waals surface area (Å²) >= 11 is 0. The van der Waals surface area contributed by atoms with E-state index in [1.165, 1.54) is 6.07 Å². The molecule has 0 saturated carbocycles. The minimum Gasteiger partial charge on any atom is -0.378 e. The van der Waals surface area contributed by atoms with Crippen molar-refractivity contribution in [1.82, 2.24) is 0 Å². The van der Waals surface area contributed by atoms with Crippen molar-refractivity contribution in [2.24, 2.45) is 0 Å². The molecule has 6 nitrogen and oxygen atoms in total. The number of anilines is 2. The second kappa shape index (κ2) is 6.79. The van der Waals surface area contributed by atoms with Crippen LogP contribution in [0.2, 0.25) is 0 Å². The molecule has 0 aliphatic carbocycles. The largest absolute Gasteiger partial charge is 0.378 e. The molecule has 2 aromatic carbocycles. The lowest BCUT2D eigenvalue weighted by Crippen LogP contribution is -2.10. The van der Waals surface area contributed by atoms with Gasteiger partial charge in [-0.15, -0.1) is 0 Å². The van der Waals surface area contributed by atoms with Gasteiger partial charge in [-0.25, -0.2) is 0 Å². The number of benzene rings is 2. The number of nitrogens with one attached hydrogen (secondary N) is 1. The first-order valence-corrected chi connectivity index (χ1v) is 7.11. The number of nitro benzene ring substituents is 1. The van der Waals surface area contributed by atoms with E-state index < -0.39 is 4.92 Å². The highest BCUT2D eigenvalue weighted by atomic mass is 16.6. The number of hydrogen-bond acceptors (Lipinski definition) is 5. The summed E-state index contributed by atoms with van der Waals surface area (Å²) in [6.45, 7) is 2.49. The third-order valence-electron chi connectivity index (χ3n) is 3.64. The number of aryl methyl sites for hydroxylation is 1. The maximum Gasteiger partial charge on any atom is 0.293 e. The van der Waals surface area contributed by atoms with E-state index in [-0.39, 0.29) is 11.3 Å². The van der Waals surface area contributed by atoms with Crippen LogP contribution in [-0.4, -0.2) is 19.0 Å². The molecule has 1 N–H and O–H groups in total. The highest BCUT2D eigenvalue weighted by Gasteiger charge is 2.14. The van der Waals surface area contributed by atoms with Crippen LogP contribution in [0.15, 0.2) is 36.4 Å². The van der Waals surface area contributed by atoms with Crippen LogP contribution >= 0.6 is 0 Å². The normalized spacial score (nSPS) is 10.0. The minimum atomic E-state index is -0.481. The fourth-order valence-corrected chi connectivity index (χ4v) is 2.25.